The molecule has 1 aliphatic heterocycles. The number of nitrogens with one attached hydrogen (secondary N) is 1. The summed E-state index contributed by atoms with van der Waals surface area (Å²) in [6, 6.07) is 7.63. The molecule has 4 heteroatoms. The maximum atomic E-state index is 5.84. The summed E-state index contributed by atoms with van der Waals surface area (Å²) in [4.78, 5) is 0.757. The molecule has 0 amide bonds. The van der Waals surface area contributed by atoms with Gasteiger partial charge in [0.1, 0.15) is 4.99 Å². The molecule has 1 aromatic rings. The quantitative estimate of drug-likeness (QED) is 0.761. The first kappa shape index (κ1) is 10.6. The summed E-state index contributed by atoms with van der Waals surface area (Å²) in [6.45, 7) is 4.12. The van der Waals surface area contributed by atoms with Gasteiger partial charge in [0.05, 0.1) is 11.1 Å². The molecule has 0 atom stereocenters. The molecule has 15 heavy (non-hydrogen) atoms. The molecule has 1 aliphatic rings. The molecule has 2 nitrogen and oxygen atoms in total. The van der Waals surface area contributed by atoms with Crippen LogP contribution in [0.3, 0.4) is 0 Å². The number of hydrogen-bond acceptors (Lipinski definition) is 2. The van der Waals surface area contributed by atoms with E-state index in [2.05, 4.69) is 24.4 Å². The topological polar surface area (TPSA) is 24.4 Å². The van der Waals surface area contributed by atoms with Crippen molar-refractivity contribution in [3.8, 4) is 0 Å². The van der Waals surface area contributed by atoms with Gasteiger partial charge in [-0.05, 0) is 31.5 Å². The maximum Gasteiger partial charge on any atom is 0.108 e. The molecule has 0 aromatic heterocycles. The van der Waals surface area contributed by atoms with E-state index in [4.69, 9.17) is 23.8 Å². The number of thiocarbonyl (C=S) groups is 1. The Labute approximate surface area is 99.3 Å². The minimum Gasteiger partial charge on any atom is -0.270 e. The third-order valence-electron chi connectivity index (χ3n) is 2.55. The van der Waals surface area contributed by atoms with Crippen LogP contribution in [0.15, 0.2) is 29.4 Å². The molecule has 0 saturated heterocycles. The van der Waals surface area contributed by atoms with Gasteiger partial charge >= 0.3 is 0 Å². The number of rotatable bonds is 1. The van der Waals surface area contributed by atoms with Crippen LogP contribution in [-0.4, -0.2) is 10.7 Å². The van der Waals surface area contributed by atoms with E-state index in [9.17, 15) is 0 Å². The highest BCUT2D eigenvalue weighted by Crippen LogP contribution is 2.28. The van der Waals surface area contributed by atoms with Crippen LogP contribution in [0.2, 0.25) is 5.02 Å². The Bertz CT molecular complexity index is 434. The summed E-state index contributed by atoms with van der Waals surface area (Å²) in [5.41, 5.74) is 4.67. The van der Waals surface area contributed by atoms with Crippen molar-refractivity contribution in [1.29, 1.82) is 0 Å². The van der Waals surface area contributed by atoms with Gasteiger partial charge in [-0.3, -0.25) is 5.43 Å². The standard InChI is InChI=1S/C11H11ClN2S/c1-11(2)9(13-14-10(11)15)7-3-5-8(12)6-4-7/h3-6H,1-2H3,(H,14,15). The van der Waals surface area contributed by atoms with Crippen LogP contribution < -0.4 is 5.43 Å². The summed E-state index contributed by atoms with van der Waals surface area (Å²) in [6.07, 6.45) is 0. The highest BCUT2D eigenvalue weighted by Gasteiger charge is 2.35. The fraction of sp³-hybridized carbons (Fsp3) is 0.273. The predicted molar refractivity (Wildman–Crippen MR) is 67.5 cm³/mol. The molecule has 0 radical (unpaired) electrons. The first-order valence-corrected chi connectivity index (χ1v) is 5.45. The van der Waals surface area contributed by atoms with Crippen molar-refractivity contribution < 1.29 is 0 Å². The Balaban J connectivity index is 2.41. The Kier molecular flexibility index (Phi) is 2.52. The van der Waals surface area contributed by atoms with Gasteiger partial charge in [0.15, 0.2) is 0 Å². The van der Waals surface area contributed by atoms with E-state index in [0.29, 0.717) is 0 Å². The largest absolute Gasteiger partial charge is 0.270 e. The van der Waals surface area contributed by atoms with Gasteiger partial charge in [-0.15, -0.1) is 0 Å². The SMILES string of the molecule is CC1(C)C(=S)NN=C1c1ccc(Cl)cc1. The summed E-state index contributed by atoms with van der Waals surface area (Å²) in [7, 11) is 0. The molecular formula is C11H11ClN2S. The predicted octanol–water partition coefficient (Wildman–Crippen LogP) is 3.00. The number of benzene rings is 1. The van der Waals surface area contributed by atoms with Crippen LogP contribution >= 0.6 is 23.8 Å². The number of hydrazone groups is 1. The van der Waals surface area contributed by atoms with Crippen LogP contribution in [0.25, 0.3) is 0 Å². The minimum absolute atomic E-state index is 0.205. The van der Waals surface area contributed by atoms with E-state index in [1.54, 1.807) is 0 Å². The molecule has 0 saturated carbocycles. The molecule has 0 bridgehead atoms. The molecule has 78 valence electrons. The van der Waals surface area contributed by atoms with Crippen molar-refractivity contribution >= 4 is 34.5 Å². The van der Waals surface area contributed by atoms with Crippen molar-refractivity contribution in [3.63, 3.8) is 0 Å². The van der Waals surface area contributed by atoms with Gasteiger partial charge < -0.3 is 0 Å². The van der Waals surface area contributed by atoms with E-state index < -0.39 is 0 Å². The lowest BCUT2D eigenvalue weighted by Gasteiger charge is -2.19. The van der Waals surface area contributed by atoms with E-state index in [1.807, 2.05) is 24.3 Å². The van der Waals surface area contributed by atoms with E-state index in [-0.39, 0.29) is 5.41 Å². The summed E-state index contributed by atoms with van der Waals surface area (Å²) in [5.74, 6) is 0. The maximum absolute atomic E-state index is 5.84. The third kappa shape index (κ3) is 1.77. The second-order valence-electron chi connectivity index (χ2n) is 4.03. The molecule has 0 aliphatic carbocycles. The highest BCUT2D eigenvalue weighted by molar-refractivity contribution is 7.80. The zero-order chi connectivity index (χ0) is 11.1. The van der Waals surface area contributed by atoms with Gasteiger partial charge in [0.25, 0.3) is 0 Å². The fourth-order valence-corrected chi connectivity index (χ4v) is 1.80. The Hall–Kier alpha value is -0.930. The van der Waals surface area contributed by atoms with Crippen molar-refractivity contribution in [1.82, 2.24) is 5.43 Å². The Morgan fingerprint density at radius 2 is 1.87 bits per heavy atom. The first-order chi connectivity index (χ1) is 7.01. The van der Waals surface area contributed by atoms with Crippen molar-refractivity contribution in [2.24, 2.45) is 10.5 Å². The average molecular weight is 239 g/mol. The minimum atomic E-state index is -0.205. The van der Waals surface area contributed by atoms with Gasteiger partial charge in [-0.1, -0.05) is 36.0 Å². The average Bonchev–Trinajstić information content (AvgIpc) is 2.44. The zero-order valence-corrected chi connectivity index (χ0v) is 10.1. The molecule has 0 fully saturated rings. The van der Waals surface area contributed by atoms with Crippen LogP contribution in [-0.2, 0) is 0 Å². The Morgan fingerprint density at radius 3 is 2.33 bits per heavy atom. The summed E-state index contributed by atoms with van der Waals surface area (Å²) in [5, 5.41) is 4.98. The summed E-state index contributed by atoms with van der Waals surface area (Å²) >= 11 is 11.0. The lowest BCUT2D eigenvalue weighted by atomic mass is 9.84. The van der Waals surface area contributed by atoms with E-state index in [0.717, 1.165) is 21.3 Å². The second-order valence-corrected chi connectivity index (χ2v) is 4.88. The van der Waals surface area contributed by atoms with Gasteiger partial charge in [-0.25, -0.2) is 0 Å². The number of halogens is 1. The molecular weight excluding hydrogens is 228 g/mol. The molecule has 1 heterocycles. The molecule has 0 spiro atoms. The van der Waals surface area contributed by atoms with Gasteiger partial charge in [0, 0.05) is 5.02 Å². The lowest BCUT2D eigenvalue weighted by molar-refractivity contribution is 0.746. The van der Waals surface area contributed by atoms with Crippen molar-refractivity contribution in [3.05, 3.63) is 34.9 Å². The van der Waals surface area contributed by atoms with Crippen molar-refractivity contribution in [2.45, 2.75) is 13.8 Å². The van der Waals surface area contributed by atoms with E-state index >= 15 is 0 Å². The molecule has 0 unspecified atom stereocenters. The van der Waals surface area contributed by atoms with Crippen LogP contribution in [0.4, 0.5) is 0 Å². The van der Waals surface area contributed by atoms with Crippen molar-refractivity contribution in [2.75, 3.05) is 0 Å². The molecule has 2 rings (SSSR count). The Morgan fingerprint density at radius 1 is 1.27 bits per heavy atom. The normalized spacial score (nSPS) is 18.6. The van der Waals surface area contributed by atoms with Gasteiger partial charge in [-0.2, -0.15) is 5.10 Å². The smallest absolute Gasteiger partial charge is 0.108 e. The van der Waals surface area contributed by atoms with Crippen LogP contribution in [0, 0.1) is 5.41 Å². The van der Waals surface area contributed by atoms with E-state index in [1.165, 1.54) is 0 Å². The highest BCUT2D eigenvalue weighted by atomic mass is 35.5. The lowest BCUT2D eigenvalue weighted by Crippen LogP contribution is -2.30. The molecule has 1 aromatic carbocycles. The second kappa shape index (κ2) is 3.58. The monoisotopic (exact) mass is 238 g/mol. The van der Waals surface area contributed by atoms with Crippen LogP contribution in [0.5, 0.6) is 0 Å². The third-order valence-corrected chi connectivity index (χ3v) is 3.40. The summed E-state index contributed by atoms with van der Waals surface area (Å²) < 4.78 is 0. The zero-order valence-electron chi connectivity index (χ0n) is 8.54. The van der Waals surface area contributed by atoms with Gasteiger partial charge in [0.2, 0.25) is 0 Å². The molecule has 1 N–H and O–H groups in total. The van der Waals surface area contributed by atoms with Crippen LogP contribution in [0.1, 0.15) is 19.4 Å². The first-order valence-electron chi connectivity index (χ1n) is 4.66. The number of nitrogens with zero attached hydrogens (tertiary/aromatic N) is 1. The number of hydrogen-bond donors (Lipinski definition) is 1. The fourth-order valence-electron chi connectivity index (χ4n) is 1.53.